The number of rotatable bonds is 8. The van der Waals surface area contributed by atoms with Crippen LogP contribution in [0.5, 0.6) is 11.5 Å². The van der Waals surface area contributed by atoms with Crippen LogP contribution < -0.4 is 14.8 Å². The minimum atomic E-state index is -0.485. The zero-order chi connectivity index (χ0) is 19.9. The molecule has 0 saturated heterocycles. The molecule has 1 atom stereocenters. The molecule has 0 aliphatic carbocycles. The molecule has 0 heterocycles. The van der Waals surface area contributed by atoms with E-state index in [4.69, 9.17) is 9.47 Å². The van der Waals surface area contributed by atoms with Crippen LogP contribution in [0.15, 0.2) is 48.5 Å². The van der Waals surface area contributed by atoms with E-state index in [-0.39, 0.29) is 11.3 Å². The van der Waals surface area contributed by atoms with Gasteiger partial charge in [0, 0.05) is 6.54 Å². The molecule has 2 aromatic rings. The average molecular weight is 370 g/mol. The Morgan fingerprint density at radius 1 is 1.00 bits per heavy atom. The van der Waals surface area contributed by atoms with E-state index in [1.54, 1.807) is 7.11 Å². The first-order valence-electron chi connectivity index (χ1n) is 9.51. The second-order valence-corrected chi connectivity index (χ2v) is 7.68. The number of hydrogen-bond acceptors (Lipinski definition) is 3. The van der Waals surface area contributed by atoms with Gasteiger partial charge in [-0.15, -0.1) is 0 Å². The molecular formula is C23H31NO3. The largest absolute Gasteiger partial charge is 0.497 e. The van der Waals surface area contributed by atoms with Gasteiger partial charge < -0.3 is 14.8 Å². The molecular weight excluding hydrogens is 338 g/mol. The summed E-state index contributed by atoms with van der Waals surface area (Å²) in [7, 11) is 1.65. The molecule has 0 saturated carbocycles. The second kappa shape index (κ2) is 9.45. The lowest BCUT2D eigenvalue weighted by Crippen LogP contribution is -2.38. The van der Waals surface area contributed by atoms with Gasteiger partial charge in [-0.3, -0.25) is 4.79 Å². The lowest BCUT2D eigenvalue weighted by atomic mass is 9.87. The van der Waals surface area contributed by atoms with Crippen molar-refractivity contribution in [2.24, 2.45) is 0 Å². The van der Waals surface area contributed by atoms with Crippen molar-refractivity contribution in [3.63, 3.8) is 0 Å². The number of nitrogens with one attached hydrogen (secondary N) is 1. The summed E-state index contributed by atoms with van der Waals surface area (Å²) in [5, 5.41) is 2.97. The molecule has 1 unspecified atom stereocenters. The zero-order valence-corrected chi connectivity index (χ0v) is 17.0. The van der Waals surface area contributed by atoms with Crippen LogP contribution in [-0.4, -0.2) is 25.7 Å². The van der Waals surface area contributed by atoms with E-state index in [1.165, 1.54) is 5.56 Å². The number of amides is 1. The van der Waals surface area contributed by atoms with Crippen molar-refractivity contribution >= 4 is 5.91 Å². The third kappa shape index (κ3) is 6.31. The van der Waals surface area contributed by atoms with E-state index < -0.39 is 6.10 Å². The standard InChI is InChI=1S/C23H31NO3/c1-6-21(27-20-13-9-18(10-14-20)23(2,3)4)22(25)24-16-15-17-7-11-19(26-5)12-8-17/h7-14,21H,6,15-16H2,1-5H3,(H,24,25). The molecule has 0 aromatic heterocycles. The molecule has 2 aromatic carbocycles. The lowest BCUT2D eigenvalue weighted by molar-refractivity contribution is -0.128. The number of hydrogen-bond donors (Lipinski definition) is 1. The van der Waals surface area contributed by atoms with Crippen LogP contribution in [0, 0.1) is 0 Å². The van der Waals surface area contributed by atoms with Gasteiger partial charge >= 0.3 is 0 Å². The maximum absolute atomic E-state index is 12.4. The second-order valence-electron chi connectivity index (χ2n) is 7.68. The van der Waals surface area contributed by atoms with E-state index >= 15 is 0 Å². The van der Waals surface area contributed by atoms with Gasteiger partial charge in [0.05, 0.1) is 7.11 Å². The molecule has 0 spiro atoms. The van der Waals surface area contributed by atoms with E-state index in [9.17, 15) is 4.79 Å². The summed E-state index contributed by atoms with van der Waals surface area (Å²) >= 11 is 0. The highest BCUT2D eigenvalue weighted by atomic mass is 16.5. The molecule has 4 nitrogen and oxygen atoms in total. The topological polar surface area (TPSA) is 47.6 Å². The monoisotopic (exact) mass is 369 g/mol. The molecule has 0 bridgehead atoms. The SMILES string of the molecule is CCC(Oc1ccc(C(C)(C)C)cc1)C(=O)NCCc1ccc(OC)cc1. The molecule has 4 heteroatoms. The molecule has 27 heavy (non-hydrogen) atoms. The van der Waals surface area contributed by atoms with Crippen molar-refractivity contribution in [3.05, 3.63) is 59.7 Å². The quantitative estimate of drug-likeness (QED) is 0.745. The highest BCUT2D eigenvalue weighted by Gasteiger charge is 2.19. The Balaban J connectivity index is 1.85. The van der Waals surface area contributed by atoms with Gasteiger partial charge in [0.25, 0.3) is 5.91 Å². The number of ether oxygens (including phenoxy) is 2. The van der Waals surface area contributed by atoms with Crippen molar-refractivity contribution in [1.29, 1.82) is 0 Å². The van der Waals surface area contributed by atoms with Crippen molar-refractivity contribution in [1.82, 2.24) is 5.32 Å². The summed E-state index contributed by atoms with van der Waals surface area (Å²) in [6.07, 6.45) is 0.906. The van der Waals surface area contributed by atoms with E-state index in [2.05, 4.69) is 38.2 Å². The Labute approximate surface area is 162 Å². The predicted molar refractivity (Wildman–Crippen MR) is 110 cm³/mol. The third-order valence-electron chi connectivity index (χ3n) is 4.53. The van der Waals surface area contributed by atoms with Gasteiger partial charge in [-0.2, -0.15) is 0 Å². The van der Waals surface area contributed by atoms with Crippen LogP contribution in [0.2, 0.25) is 0 Å². The molecule has 0 fully saturated rings. The van der Waals surface area contributed by atoms with Crippen molar-refractivity contribution in [2.45, 2.75) is 52.1 Å². The Morgan fingerprint density at radius 2 is 1.59 bits per heavy atom. The Kier molecular flexibility index (Phi) is 7.28. The van der Waals surface area contributed by atoms with Crippen molar-refractivity contribution < 1.29 is 14.3 Å². The van der Waals surface area contributed by atoms with Crippen molar-refractivity contribution in [2.75, 3.05) is 13.7 Å². The summed E-state index contributed by atoms with van der Waals surface area (Å²) in [6.45, 7) is 9.06. The van der Waals surface area contributed by atoms with E-state index in [0.29, 0.717) is 13.0 Å². The summed E-state index contributed by atoms with van der Waals surface area (Å²) in [5.74, 6) is 1.48. The predicted octanol–water partition coefficient (Wildman–Crippen LogP) is 4.51. The third-order valence-corrected chi connectivity index (χ3v) is 4.53. The lowest BCUT2D eigenvalue weighted by Gasteiger charge is -2.21. The smallest absolute Gasteiger partial charge is 0.261 e. The van der Waals surface area contributed by atoms with Crippen LogP contribution >= 0.6 is 0 Å². The summed E-state index contributed by atoms with van der Waals surface area (Å²) in [6, 6.07) is 15.9. The van der Waals surface area contributed by atoms with Crippen LogP contribution in [0.4, 0.5) is 0 Å². The minimum absolute atomic E-state index is 0.0779. The van der Waals surface area contributed by atoms with Crippen molar-refractivity contribution in [3.8, 4) is 11.5 Å². The Bertz CT molecular complexity index is 715. The maximum Gasteiger partial charge on any atom is 0.261 e. The van der Waals surface area contributed by atoms with Crippen LogP contribution in [-0.2, 0) is 16.6 Å². The first-order valence-corrected chi connectivity index (χ1v) is 9.51. The molecule has 2 rings (SSSR count). The highest BCUT2D eigenvalue weighted by molar-refractivity contribution is 5.81. The van der Waals surface area contributed by atoms with Crippen LogP contribution in [0.3, 0.4) is 0 Å². The van der Waals surface area contributed by atoms with E-state index in [0.717, 1.165) is 23.5 Å². The summed E-state index contributed by atoms with van der Waals surface area (Å²) < 4.78 is 11.1. The molecule has 0 aliphatic rings. The van der Waals surface area contributed by atoms with E-state index in [1.807, 2.05) is 43.3 Å². The Hall–Kier alpha value is -2.49. The molecule has 146 valence electrons. The fraction of sp³-hybridized carbons (Fsp3) is 0.435. The fourth-order valence-corrected chi connectivity index (χ4v) is 2.76. The zero-order valence-electron chi connectivity index (χ0n) is 17.0. The van der Waals surface area contributed by atoms with Crippen LogP contribution in [0.25, 0.3) is 0 Å². The van der Waals surface area contributed by atoms with Gasteiger partial charge in [-0.1, -0.05) is 52.0 Å². The van der Waals surface area contributed by atoms with Crippen LogP contribution in [0.1, 0.15) is 45.2 Å². The number of methoxy groups -OCH3 is 1. The fourth-order valence-electron chi connectivity index (χ4n) is 2.76. The van der Waals surface area contributed by atoms with Gasteiger partial charge in [0.1, 0.15) is 11.5 Å². The Morgan fingerprint density at radius 3 is 2.11 bits per heavy atom. The van der Waals surface area contributed by atoms with Gasteiger partial charge in [-0.25, -0.2) is 0 Å². The molecule has 1 N–H and O–H groups in total. The maximum atomic E-state index is 12.4. The van der Waals surface area contributed by atoms with Gasteiger partial charge in [0.2, 0.25) is 0 Å². The first-order chi connectivity index (χ1) is 12.8. The number of carbonyl (C=O) groups is 1. The number of carbonyl (C=O) groups excluding carboxylic acids is 1. The normalized spacial score (nSPS) is 12.3. The molecule has 1 amide bonds. The van der Waals surface area contributed by atoms with Gasteiger partial charge in [0.15, 0.2) is 6.10 Å². The van der Waals surface area contributed by atoms with Gasteiger partial charge in [-0.05, 0) is 53.6 Å². The highest BCUT2D eigenvalue weighted by Crippen LogP contribution is 2.24. The molecule has 0 radical (unpaired) electrons. The summed E-state index contributed by atoms with van der Waals surface area (Å²) in [5.41, 5.74) is 2.50. The first kappa shape index (κ1) is 20.8. The average Bonchev–Trinajstić information content (AvgIpc) is 2.66. The number of benzene rings is 2. The molecule has 0 aliphatic heterocycles. The summed E-state index contributed by atoms with van der Waals surface area (Å²) in [4.78, 5) is 12.4. The minimum Gasteiger partial charge on any atom is -0.497 e.